The number of aromatic nitrogens is 1. The van der Waals surface area contributed by atoms with Gasteiger partial charge in [0, 0.05) is 17.6 Å². The minimum absolute atomic E-state index is 0.00917. The summed E-state index contributed by atoms with van der Waals surface area (Å²) < 4.78 is 24.6. The summed E-state index contributed by atoms with van der Waals surface area (Å²) in [4.78, 5) is 21.1. The van der Waals surface area contributed by atoms with Gasteiger partial charge in [0.05, 0.1) is 21.7 Å². The zero-order valence-corrected chi connectivity index (χ0v) is 20.6. The smallest absolute Gasteiger partial charge is 0.229 e. The fraction of sp³-hybridized carbons (Fsp3) is 0.200. The minimum atomic E-state index is -3.31. The summed E-state index contributed by atoms with van der Waals surface area (Å²) >= 11 is 3.08. The van der Waals surface area contributed by atoms with Crippen molar-refractivity contribution in [2.75, 3.05) is 16.9 Å². The van der Waals surface area contributed by atoms with Crippen molar-refractivity contribution < 1.29 is 13.2 Å². The molecule has 0 saturated carbocycles. The third kappa shape index (κ3) is 6.22. The van der Waals surface area contributed by atoms with Crippen molar-refractivity contribution >= 4 is 54.2 Å². The highest BCUT2D eigenvalue weighted by atomic mass is 32.2. The van der Waals surface area contributed by atoms with E-state index in [1.807, 2.05) is 48.5 Å². The number of thioether (sulfide) groups is 1. The summed E-state index contributed by atoms with van der Waals surface area (Å²) in [5.41, 5.74) is 1.70. The number of carbonyl (C=O) groups excluding carboxylic acids is 1. The maximum Gasteiger partial charge on any atom is 0.229 e. The van der Waals surface area contributed by atoms with E-state index in [1.54, 1.807) is 34.9 Å². The van der Waals surface area contributed by atoms with Gasteiger partial charge in [0.2, 0.25) is 5.91 Å². The number of benzene rings is 3. The Bertz CT molecular complexity index is 1340. The SMILES string of the molecule is CS(=O)(=O)c1ccc2nc(N(Cc3ccccc3)C(=O)CCCSc3ccccc3)sc2c1. The van der Waals surface area contributed by atoms with E-state index < -0.39 is 9.84 Å². The van der Waals surface area contributed by atoms with E-state index in [1.165, 1.54) is 22.5 Å². The maximum atomic E-state index is 13.2. The van der Waals surface area contributed by atoms with Crippen molar-refractivity contribution in [3.05, 3.63) is 84.4 Å². The third-order valence-electron chi connectivity index (χ3n) is 5.04. The Morgan fingerprint density at radius 2 is 1.70 bits per heavy atom. The molecule has 1 amide bonds. The topological polar surface area (TPSA) is 67.3 Å². The molecule has 0 fully saturated rings. The zero-order chi connectivity index (χ0) is 23.3. The van der Waals surface area contributed by atoms with Crippen LogP contribution in [0.2, 0.25) is 0 Å². The first-order valence-electron chi connectivity index (χ1n) is 10.5. The van der Waals surface area contributed by atoms with Crippen LogP contribution in [0.5, 0.6) is 0 Å². The molecule has 0 atom stereocenters. The highest BCUT2D eigenvalue weighted by Gasteiger charge is 2.21. The Kier molecular flexibility index (Phi) is 7.47. The van der Waals surface area contributed by atoms with Crippen molar-refractivity contribution in [1.29, 1.82) is 0 Å². The second-order valence-electron chi connectivity index (χ2n) is 7.63. The van der Waals surface area contributed by atoms with Crippen molar-refractivity contribution in [3.63, 3.8) is 0 Å². The van der Waals surface area contributed by atoms with Crippen molar-refractivity contribution in [2.45, 2.75) is 29.2 Å². The van der Waals surface area contributed by atoms with Gasteiger partial charge in [-0.2, -0.15) is 0 Å². The normalized spacial score (nSPS) is 11.5. The van der Waals surface area contributed by atoms with Crippen LogP contribution in [0.4, 0.5) is 5.13 Å². The van der Waals surface area contributed by atoms with E-state index in [9.17, 15) is 13.2 Å². The van der Waals surface area contributed by atoms with Gasteiger partial charge in [-0.05, 0) is 48.1 Å². The number of amides is 1. The lowest BCUT2D eigenvalue weighted by Crippen LogP contribution is -2.30. The monoisotopic (exact) mass is 496 g/mol. The molecule has 0 aliphatic heterocycles. The van der Waals surface area contributed by atoms with E-state index in [0.717, 1.165) is 22.4 Å². The van der Waals surface area contributed by atoms with Gasteiger partial charge in [0.15, 0.2) is 15.0 Å². The largest absolute Gasteiger partial charge is 0.284 e. The molecule has 5 nitrogen and oxygen atoms in total. The Morgan fingerprint density at radius 1 is 1.00 bits per heavy atom. The average Bonchev–Trinajstić information content (AvgIpc) is 3.24. The second kappa shape index (κ2) is 10.5. The maximum absolute atomic E-state index is 13.2. The molecule has 0 saturated heterocycles. The fourth-order valence-corrected chi connectivity index (χ4v) is 5.95. The predicted octanol–water partition coefficient (Wildman–Crippen LogP) is 5.81. The van der Waals surface area contributed by atoms with Crippen LogP contribution >= 0.6 is 23.1 Å². The van der Waals surface area contributed by atoms with Crippen LogP contribution in [0.15, 0.2) is 88.7 Å². The molecule has 0 aliphatic rings. The third-order valence-corrected chi connectivity index (χ3v) is 8.29. The highest BCUT2D eigenvalue weighted by molar-refractivity contribution is 7.99. The molecule has 0 spiro atoms. The van der Waals surface area contributed by atoms with Crippen LogP contribution < -0.4 is 4.90 Å². The quantitative estimate of drug-likeness (QED) is 0.216. The number of fused-ring (bicyclic) bond motifs is 1. The molecule has 0 N–H and O–H groups in total. The number of hydrogen-bond acceptors (Lipinski definition) is 6. The molecule has 4 aromatic rings. The molecule has 33 heavy (non-hydrogen) atoms. The first-order chi connectivity index (χ1) is 15.9. The first kappa shape index (κ1) is 23.5. The van der Waals surface area contributed by atoms with Gasteiger partial charge in [-0.1, -0.05) is 59.9 Å². The van der Waals surface area contributed by atoms with Crippen LogP contribution in [-0.2, 0) is 21.2 Å². The molecule has 0 bridgehead atoms. The molecule has 1 aromatic heterocycles. The zero-order valence-electron chi connectivity index (χ0n) is 18.2. The van der Waals surface area contributed by atoms with Gasteiger partial charge in [-0.3, -0.25) is 9.69 Å². The molecular formula is C25H24N2O3S3. The van der Waals surface area contributed by atoms with E-state index in [0.29, 0.717) is 23.6 Å². The van der Waals surface area contributed by atoms with Gasteiger partial charge in [0.25, 0.3) is 0 Å². The molecule has 1 heterocycles. The van der Waals surface area contributed by atoms with Crippen molar-refractivity contribution in [2.24, 2.45) is 0 Å². The second-order valence-corrected chi connectivity index (χ2v) is 11.8. The fourth-order valence-electron chi connectivity index (χ4n) is 3.33. The molecule has 0 radical (unpaired) electrons. The van der Waals surface area contributed by atoms with Gasteiger partial charge in [-0.15, -0.1) is 11.8 Å². The van der Waals surface area contributed by atoms with Crippen molar-refractivity contribution in [1.82, 2.24) is 4.98 Å². The van der Waals surface area contributed by atoms with E-state index in [2.05, 4.69) is 17.1 Å². The van der Waals surface area contributed by atoms with Crippen LogP contribution in [0.25, 0.3) is 10.2 Å². The Labute approximate surface area is 202 Å². The first-order valence-corrected chi connectivity index (χ1v) is 14.2. The van der Waals surface area contributed by atoms with Gasteiger partial charge < -0.3 is 0 Å². The van der Waals surface area contributed by atoms with E-state index in [-0.39, 0.29) is 10.8 Å². The van der Waals surface area contributed by atoms with E-state index >= 15 is 0 Å². The molecule has 0 aliphatic carbocycles. The number of rotatable bonds is 9. The number of sulfone groups is 1. The molecule has 0 unspecified atom stereocenters. The molecule has 8 heteroatoms. The number of carbonyl (C=O) groups is 1. The van der Waals surface area contributed by atoms with Crippen LogP contribution in [0.1, 0.15) is 18.4 Å². The highest BCUT2D eigenvalue weighted by Crippen LogP contribution is 2.32. The summed E-state index contributed by atoms with van der Waals surface area (Å²) in [5.74, 6) is 0.863. The molecule has 4 rings (SSSR count). The summed E-state index contributed by atoms with van der Waals surface area (Å²) in [6.07, 6.45) is 2.36. The van der Waals surface area contributed by atoms with Crippen molar-refractivity contribution in [3.8, 4) is 0 Å². The summed E-state index contributed by atoms with van der Waals surface area (Å²) in [7, 11) is -3.31. The Balaban J connectivity index is 1.53. The summed E-state index contributed by atoms with van der Waals surface area (Å²) in [6, 6.07) is 24.9. The summed E-state index contributed by atoms with van der Waals surface area (Å²) in [6.45, 7) is 0.421. The Hall–Kier alpha value is -2.68. The molecule has 3 aromatic carbocycles. The van der Waals surface area contributed by atoms with Crippen LogP contribution in [0, 0.1) is 0 Å². The standard InChI is InChI=1S/C25H24N2O3S3/c1-33(29,30)21-14-15-22-23(17-21)32-25(26-22)27(18-19-9-4-2-5-10-19)24(28)13-8-16-31-20-11-6-3-7-12-20/h2-7,9-12,14-15,17H,8,13,16,18H2,1H3. The van der Waals surface area contributed by atoms with Gasteiger partial charge >= 0.3 is 0 Å². The van der Waals surface area contributed by atoms with Crippen LogP contribution in [-0.4, -0.2) is 31.3 Å². The number of thiazole rings is 1. The number of hydrogen-bond donors (Lipinski definition) is 0. The lowest BCUT2D eigenvalue weighted by Gasteiger charge is -2.20. The van der Waals surface area contributed by atoms with Gasteiger partial charge in [0.1, 0.15) is 0 Å². The summed E-state index contributed by atoms with van der Waals surface area (Å²) in [5, 5.41) is 0.584. The van der Waals surface area contributed by atoms with Crippen LogP contribution in [0.3, 0.4) is 0 Å². The number of anilines is 1. The minimum Gasteiger partial charge on any atom is -0.284 e. The molecule has 170 valence electrons. The lowest BCUT2D eigenvalue weighted by molar-refractivity contribution is -0.118. The number of nitrogens with zero attached hydrogens (tertiary/aromatic N) is 2. The molecular weight excluding hydrogens is 472 g/mol. The van der Waals surface area contributed by atoms with E-state index in [4.69, 9.17) is 0 Å². The van der Waals surface area contributed by atoms with Gasteiger partial charge in [-0.25, -0.2) is 13.4 Å². The Morgan fingerprint density at radius 3 is 2.39 bits per heavy atom. The predicted molar refractivity (Wildman–Crippen MR) is 137 cm³/mol. The average molecular weight is 497 g/mol. The lowest BCUT2D eigenvalue weighted by atomic mass is 10.2.